The fourth-order valence-corrected chi connectivity index (χ4v) is 1.53. The molecule has 0 amide bonds. The van der Waals surface area contributed by atoms with Crippen LogP contribution in [-0.2, 0) is 5.88 Å². The summed E-state index contributed by atoms with van der Waals surface area (Å²) < 4.78 is 1.89. The van der Waals surface area contributed by atoms with Crippen molar-refractivity contribution < 1.29 is 0 Å². The highest BCUT2D eigenvalue weighted by molar-refractivity contribution is 6.16. The fraction of sp³-hybridized carbons (Fsp3) is 0.200. The summed E-state index contributed by atoms with van der Waals surface area (Å²) in [6.07, 6.45) is 1.67. The van der Waals surface area contributed by atoms with Gasteiger partial charge in [0.05, 0.1) is 5.88 Å². The Morgan fingerprint density at radius 1 is 1.43 bits per heavy atom. The van der Waals surface area contributed by atoms with E-state index in [1.54, 1.807) is 6.33 Å². The molecule has 14 heavy (non-hydrogen) atoms. The molecule has 0 unspecified atom stereocenters. The second-order valence-corrected chi connectivity index (χ2v) is 3.36. The van der Waals surface area contributed by atoms with E-state index in [2.05, 4.69) is 16.3 Å². The van der Waals surface area contributed by atoms with Crippen LogP contribution in [-0.4, -0.2) is 14.8 Å². The minimum absolute atomic E-state index is 0.369. The lowest BCUT2D eigenvalue weighted by Gasteiger charge is -2.04. The molecule has 0 aliphatic carbocycles. The number of nitrogens with zero attached hydrogens (tertiary/aromatic N) is 3. The largest absolute Gasteiger partial charge is 0.285 e. The number of hydrogen-bond acceptors (Lipinski definition) is 2. The summed E-state index contributed by atoms with van der Waals surface area (Å²) in [5.41, 5.74) is 2.25. The molecule has 1 heterocycles. The van der Waals surface area contributed by atoms with Gasteiger partial charge in [0.2, 0.25) is 0 Å². The van der Waals surface area contributed by atoms with Crippen LogP contribution in [0.15, 0.2) is 30.6 Å². The average Bonchev–Trinajstić information content (AvgIpc) is 2.65. The van der Waals surface area contributed by atoms with Gasteiger partial charge in [-0.3, -0.25) is 4.57 Å². The highest BCUT2D eigenvalue weighted by atomic mass is 35.5. The van der Waals surface area contributed by atoms with E-state index in [-0.39, 0.29) is 0 Å². The molecule has 4 heteroatoms. The molecule has 2 rings (SSSR count). The molecule has 1 aromatic carbocycles. The minimum Gasteiger partial charge on any atom is -0.285 e. The van der Waals surface area contributed by atoms with E-state index in [9.17, 15) is 0 Å². The van der Waals surface area contributed by atoms with Crippen molar-refractivity contribution in [3.63, 3.8) is 0 Å². The quantitative estimate of drug-likeness (QED) is 0.708. The van der Waals surface area contributed by atoms with Crippen LogP contribution in [0.25, 0.3) is 5.69 Å². The zero-order valence-electron chi connectivity index (χ0n) is 7.81. The Morgan fingerprint density at radius 3 is 3.00 bits per heavy atom. The summed E-state index contributed by atoms with van der Waals surface area (Å²) in [4.78, 5) is 0. The van der Waals surface area contributed by atoms with Crippen molar-refractivity contribution in [2.24, 2.45) is 0 Å². The first-order valence-electron chi connectivity index (χ1n) is 4.33. The third kappa shape index (κ3) is 1.63. The van der Waals surface area contributed by atoms with Crippen molar-refractivity contribution in [1.29, 1.82) is 0 Å². The summed E-state index contributed by atoms with van der Waals surface area (Å²) in [6.45, 7) is 2.05. The predicted octanol–water partition coefficient (Wildman–Crippen LogP) is 2.31. The SMILES string of the molecule is Cc1cccc(-n2cnnc2CCl)c1. The fourth-order valence-electron chi connectivity index (χ4n) is 1.34. The van der Waals surface area contributed by atoms with Gasteiger partial charge in [-0.1, -0.05) is 12.1 Å². The zero-order valence-corrected chi connectivity index (χ0v) is 8.57. The van der Waals surface area contributed by atoms with Crippen LogP contribution in [0.5, 0.6) is 0 Å². The number of benzene rings is 1. The van der Waals surface area contributed by atoms with Gasteiger partial charge in [0, 0.05) is 5.69 Å². The monoisotopic (exact) mass is 207 g/mol. The van der Waals surface area contributed by atoms with Crippen LogP contribution in [0, 0.1) is 6.92 Å². The molecule has 0 radical (unpaired) electrons. The molecular formula is C10H10ClN3. The second-order valence-electron chi connectivity index (χ2n) is 3.09. The van der Waals surface area contributed by atoms with Crippen LogP contribution in [0.1, 0.15) is 11.4 Å². The highest BCUT2D eigenvalue weighted by Crippen LogP contribution is 2.12. The number of aromatic nitrogens is 3. The maximum Gasteiger partial charge on any atom is 0.152 e. The molecule has 0 saturated carbocycles. The molecule has 0 aliphatic heterocycles. The lowest BCUT2D eigenvalue weighted by atomic mass is 10.2. The third-order valence-electron chi connectivity index (χ3n) is 2.02. The lowest BCUT2D eigenvalue weighted by Crippen LogP contribution is -1.97. The van der Waals surface area contributed by atoms with E-state index in [4.69, 9.17) is 11.6 Å². The number of halogens is 1. The molecule has 0 N–H and O–H groups in total. The van der Waals surface area contributed by atoms with Crippen molar-refractivity contribution in [3.8, 4) is 5.69 Å². The molecule has 1 aromatic heterocycles. The topological polar surface area (TPSA) is 30.7 Å². The summed E-state index contributed by atoms with van der Waals surface area (Å²) in [5, 5.41) is 7.75. The average molecular weight is 208 g/mol. The summed E-state index contributed by atoms with van der Waals surface area (Å²) in [7, 11) is 0. The molecule has 0 aliphatic rings. The normalized spacial score (nSPS) is 10.4. The molecule has 0 saturated heterocycles. The van der Waals surface area contributed by atoms with E-state index in [0.29, 0.717) is 5.88 Å². The summed E-state index contributed by atoms with van der Waals surface area (Å²) in [6, 6.07) is 8.13. The molecule has 3 nitrogen and oxygen atoms in total. The number of aryl methyl sites for hydroxylation is 1. The molecule has 0 atom stereocenters. The van der Waals surface area contributed by atoms with Crippen LogP contribution >= 0.6 is 11.6 Å². The Bertz CT molecular complexity index is 436. The maximum absolute atomic E-state index is 5.74. The first-order chi connectivity index (χ1) is 6.81. The molecule has 0 bridgehead atoms. The van der Waals surface area contributed by atoms with Gasteiger partial charge in [-0.25, -0.2) is 0 Å². The Hall–Kier alpha value is -1.35. The third-order valence-corrected chi connectivity index (χ3v) is 2.26. The van der Waals surface area contributed by atoms with Crippen molar-refractivity contribution in [3.05, 3.63) is 42.0 Å². The van der Waals surface area contributed by atoms with Crippen LogP contribution in [0.2, 0.25) is 0 Å². The Kier molecular flexibility index (Phi) is 2.50. The first-order valence-corrected chi connectivity index (χ1v) is 4.86. The Balaban J connectivity index is 2.49. The van der Waals surface area contributed by atoms with E-state index in [1.165, 1.54) is 5.56 Å². The molecular weight excluding hydrogens is 198 g/mol. The minimum atomic E-state index is 0.369. The van der Waals surface area contributed by atoms with E-state index >= 15 is 0 Å². The number of alkyl halides is 1. The Morgan fingerprint density at radius 2 is 2.29 bits per heavy atom. The number of rotatable bonds is 2. The van der Waals surface area contributed by atoms with Crippen LogP contribution in [0.4, 0.5) is 0 Å². The van der Waals surface area contributed by atoms with Gasteiger partial charge in [-0.05, 0) is 24.6 Å². The second kappa shape index (κ2) is 3.80. The molecule has 2 aromatic rings. The van der Waals surface area contributed by atoms with Gasteiger partial charge >= 0.3 is 0 Å². The van der Waals surface area contributed by atoms with Gasteiger partial charge < -0.3 is 0 Å². The summed E-state index contributed by atoms with van der Waals surface area (Å²) in [5.74, 6) is 1.13. The first kappa shape index (κ1) is 9.21. The van der Waals surface area contributed by atoms with Gasteiger partial charge in [0.1, 0.15) is 6.33 Å². The van der Waals surface area contributed by atoms with E-state index in [0.717, 1.165) is 11.5 Å². The maximum atomic E-state index is 5.74. The highest BCUT2D eigenvalue weighted by Gasteiger charge is 2.03. The van der Waals surface area contributed by atoms with Gasteiger partial charge in [0.25, 0.3) is 0 Å². The summed E-state index contributed by atoms with van der Waals surface area (Å²) >= 11 is 5.74. The van der Waals surface area contributed by atoms with Crippen molar-refractivity contribution in [2.75, 3.05) is 0 Å². The standard InChI is InChI=1S/C10H10ClN3/c1-8-3-2-4-9(5-8)14-7-12-13-10(14)6-11/h2-5,7H,6H2,1H3. The lowest BCUT2D eigenvalue weighted by molar-refractivity contribution is 0.949. The predicted molar refractivity (Wildman–Crippen MR) is 55.7 cm³/mol. The molecule has 0 spiro atoms. The van der Waals surface area contributed by atoms with Crippen molar-refractivity contribution in [1.82, 2.24) is 14.8 Å². The number of hydrogen-bond donors (Lipinski definition) is 0. The van der Waals surface area contributed by atoms with Crippen LogP contribution in [0.3, 0.4) is 0 Å². The smallest absolute Gasteiger partial charge is 0.152 e. The van der Waals surface area contributed by atoms with E-state index in [1.807, 2.05) is 29.7 Å². The zero-order chi connectivity index (χ0) is 9.97. The van der Waals surface area contributed by atoms with Gasteiger partial charge in [-0.15, -0.1) is 21.8 Å². The Labute approximate surface area is 87.3 Å². The van der Waals surface area contributed by atoms with Crippen molar-refractivity contribution in [2.45, 2.75) is 12.8 Å². The van der Waals surface area contributed by atoms with Crippen molar-refractivity contribution >= 4 is 11.6 Å². The van der Waals surface area contributed by atoms with Gasteiger partial charge in [-0.2, -0.15) is 0 Å². The molecule has 0 fully saturated rings. The van der Waals surface area contributed by atoms with Crippen LogP contribution < -0.4 is 0 Å². The molecule has 72 valence electrons. The van der Waals surface area contributed by atoms with Gasteiger partial charge in [0.15, 0.2) is 5.82 Å². The van der Waals surface area contributed by atoms with E-state index < -0.39 is 0 Å².